The number of hydrogen-bond acceptors (Lipinski definition) is 5. The molecular weight excluding hydrogens is 252 g/mol. The topological polar surface area (TPSA) is 60.5 Å². The fourth-order valence-electron chi connectivity index (χ4n) is 1.62. The number of ether oxygens (including phenoxy) is 2. The molecular formula is C12H10N2O3S. The number of fused-ring (bicyclic) bond motifs is 1. The van der Waals surface area contributed by atoms with Gasteiger partial charge in [0.2, 0.25) is 6.10 Å². The molecule has 5 nitrogen and oxygen atoms in total. The SMILES string of the molecule is O=C(Nc1nccs1)[C@@H]1COc2ccccc2O1. The lowest BCUT2D eigenvalue weighted by Gasteiger charge is -2.25. The number of amides is 1. The molecule has 1 atom stereocenters. The van der Waals surface area contributed by atoms with Crippen molar-refractivity contribution in [2.75, 3.05) is 11.9 Å². The van der Waals surface area contributed by atoms with Crippen LogP contribution in [-0.2, 0) is 4.79 Å². The van der Waals surface area contributed by atoms with E-state index in [9.17, 15) is 4.79 Å². The second-order valence-electron chi connectivity index (χ2n) is 3.69. The van der Waals surface area contributed by atoms with Crippen LogP contribution in [0.4, 0.5) is 5.13 Å². The Labute approximate surface area is 107 Å². The summed E-state index contributed by atoms with van der Waals surface area (Å²) >= 11 is 1.36. The summed E-state index contributed by atoms with van der Waals surface area (Å²) in [5, 5.41) is 5.04. The molecule has 0 saturated heterocycles. The highest BCUT2D eigenvalue weighted by Crippen LogP contribution is 2.31. The average Bonchev–Trinajstić information content (AvgIpc) is 2.91. The van der Waals surface area contributed by atoms with Gasteiger partial charge in [-0.25, -0.2) is 4.98 Å². The van der Waals surface area contributed by atoms with Gasteiger partial charge in [0, 0.05) is 11.6 Å². The summed E-state index contributed by atoms with van der Waals surface area (Å²) in [7, 11) is 0. The van der Waals surface area contributed by atoms with Crippen molar-refractivity contribution in [2.24, 2.45) is 0 Å². The Bertz CT molecular complexity index is 556. The summed E-state index contributed by atoms with van der Waals surface area (Å²) in [5.41, 5.74) is 0. The second kappa shape index (κ2) is 4.66. The van der Waals surface area contributed by atoms with E-state index in [1.54, 1.807) is 17.6 Å². The van der Waals surface area contributed by atoms with E-state index < -0.39 is 6.10 Å². The van der Waals surface area contributed by atoms with Gasteiger partial charge in [0.1, 0.15) is 6.61 Å². The normalized spacial score (nSPS) is 17.2. The van der Waals surface area contributed by atoms with E-state index in [1.165, 1.54) is 11.3 Å². The molecule has 0 bridgehead atoms. The number of carbonyl (C=O) groups is 1. The van der Waals surface area contributed by atoms with Crippen LogP contribution in [0.25, 0.3) is 0 Å². The van der Waals surface area contributed by atoms with Gasteiger partial charge in [0.25, 0.3) is 5.91 Å². The maximum Gasteiger partial charge on any atom is 0.270 e. The fraction of sp³-hybridized carbons (Fsp3) is 0.167. The smallest absolute Gasteiger partial charge is 0.270 e. The standard InChI is InChI=1S/C12H10N2O3S/c15-11(14-12-13-5-6-18-12)10-7-16-8-3-1-2-4-9(8)17-10/h1-6,10H,7H2,(H,13,14,15)/t10-/m0/s1. The minimum absolute atomic E-state index is 0.203. The first-order valence-electron chi connectivity index (χ1n) is 5.42. The lowest BCUT2D eigenvalue weighted by atomic mass is 10.2. The van der Waals surface area contributed by atoms with Crippen molar-refractivity contribution in [3.05, 3.63) is 35.8 Å². The third-order valence-electron chi connectivity index (χ3n) is 2.46. The second-order valence-corrected chi connectivity index (χ2v) is 4.59. The Morgan fingerprint density at radius 3 is 3.00 bits per heavy atom. The highest BCUT2D eigenvalue weighted by Gasteiger charge is 2.27. The highest BCUT2D eigenvalue weighted by molar-refractivity contribution is 7.13. The minimum atomic E-state index is -0.649. The zero-order valence-corrected chi connectivity index (χ0v) is 10.1. The Kier molecular flexibility index (Phi) is 2.85. The van der Waals surface area contributed by atoms with Crippen LogP contribution in [0, 0.1) is 0 Å². The summed E-state index contributed by atoms with van der Waals surface area (Å²) in [4.78, 5) is 15.9. The summed E-state index contributed by atoms with van der Waals surface area (Å²) in [5.74, 6) is 0.998. The Hall–Kier alpha value is -2.08. The summed E-state index contributed by atoms with van der Waals surface area (Å²) < 4.78 is 11.1. The number of hydrogen-bond donors (Lipinski definition) is 1. The molecule has 0 spiro atoms. The van der Waals surface area contributed by atoms with E-state index in [-0.39, 0.29) is 12.5 Å². The van der Waals surface area contributed by atoms with Crippen LogP contribution in [-0.4, -0.2) is 23.6 Å². The van der Waals surface area contributed by atoms with Crippen molar-refractivity contribution >= 4 is 22.4 Å². The van der Waals surface area contributed by atoms with Gasteiger partial charge < -0.3 is 9.47 Å². The first-order chi connectivity index (χ1) is 8.83. The van der Waals surface area contributed by atoms with Gasteiger partial charge >= 0.3 is 0 Å². The van der Waals surface area contributed by atoms with E-state index in [2.05, 4.69) is 10.3 Å². The van der Waals surface area contributed by atoms with E-state index in [0.717, 1.165) is 0 Å². The van der Waals surface area contributed by atoms with Crippen molar-refractivity contribution in [3.63, 3.8) is 0 Å². The largest absolute Gasteiger partial charge is 0.485 e. The van der Waals surface area contributed by atoms with Crippen LogP contribution in [0.3, 0.4) is 0 Å². The molecule has 1 aliphatic rings. The number of para-hydroxylation sites is 2. The van der Waals surface area contributed by atoms with E-state index in [0.29, 0.717) is 16.6 Å². The Morgan fingerprint density at radius 2 is 2.22 bits per heavy atom. The van der Waals surface area contributed by atoms with Gasteiger partial charge in [-0.2, -0.15) is 0 Å². The van der Waals surface area contributed by atoms with Crippen molar-refractivity contribution in [2.45, 2.75) is 6.10 Å². The molecule has 3 rings (SSSR count). The lowest BCUT2D eigenvalue weighted by molar-refractivity contribution is -0.125. The van der Waals surface area contributed by atoms with Crippen LogP contribution in [0.1, 0.15) is 0 Å². The zero-order valence-electron chi connectivity index (χ0n) is 9.33. The van der Waals surface area contributed by atoms with Crippen molar-refractivity contribution in [1.29, 1.82) is 0 Å². The molecule has 0 fully saturated rings. The molecule has 1 N–H and O–H groups in total. The number of carbonyl (C=O) groups excluding carboxylic acids is 1. The number of anilines is 1. The zero-order chi connectivity index (χ0) is 12.4. The van der Waals surface area contributed by atoms with Crippen LogP contribution in [0.5, 0.6) is 11.5 Å². The molecule has 18 heavy (non-hydrogen) atoms. The average molecular weight is 262 g/mol. The molecule has 0 unspecified atom stereocenters. The molecule has 6 heteroatoms. The van der Waals surface area contributed by atoms with E-state index >= 15 is 0 Å². The number of aromatic nitrogens is 1. The van der Waals surface area contributed by atoms with Crippen molar-refractivity contribution in [1.82, 2.24) is 4.98 Å². The predicted octanol–water partition coefficient (Wildman–Crippen LogP) is 1.92. The van der Waals surface area contributed by atoms with Crippen LogP contribution < -0.4 is 14.8 Å². The van der Waals surface area contributed by atoms with Crippen LogP contribution in [0.2, 0.25) is 0 Å². The molecule has 0 saturated carbocycles. The molecule has 92 valence electrons. The third-order valence-corrected chi connectivity index (χ3v) is 3.15. The van der Waals surface area contributed by atoms with Gasteiger partial charge in [-0.3, -0.25) is 10.1 Å². The summed E-state index contributed by atoms with van der Waals surface area (Å²) in [6, 6.07) is 7.28. The van der Waals surface area contributed by atoms with Crippen LogP contribution in [0.15, 0.2) is 35.8 Å². The molecule has 1 aromatic heterocycles. The molecule has 2 aromatic rings. The first kappa shape index (κ1) is 11.0. The molecule has 1 aromatic carbocycles. The lowest BCUT2D eigenvalue weighted by Crippen LogP contribution is -2.40. The maximum absolute atomic E-state index is 11.9. The number of nitrogens with zero attached hydrogens (tertiary/aromatic N) is 1. The monoisotopic (exact) mass is 262 g/mol. The third kappa shape index (κ3) is 2.14. The number of benzene rings is 1. The van der Waals surface area contributed by atoms with E-state index in [1.807, 2.05) is 18.2 Å². The number of thiazole rings is 1. The molecule has 2 heterocycles. The van der Waals surface area contributed by atoms with Gasteiger partial charge in [-0.15, -0.1) is 11.3 Å². The Balaban J connectivity index is 1.70. The van der Waals surface area contributed by atoms with Gasteiger partial charge in [-0.1, -0.05) is 12.1 Å². The van der Waals surface area contributed by atoms with Crippen LogP contribution >= 0.6 is 11.3 Å². The first-order valence-corrected chi connectivity index (χ1v) is 6.30. The Morgan fingerprint density at radius 1 is 1.39 bits per heavy atom. The minimum Gasteiger partial charge on any atom is -0.485 e. The molecule has 1 aliphatic heterocycles. The highest BCUT2D eigenvalue weighted by atomic mass is 32.1. The van der Waals surface area contributed by atoms with Crippen molar-refractivity contribution in [3.8, 4) is 11.5 Å². The number of nitrogens with one attached hydrogen (secondary N) is 1. The summed E-state index contributed by atoms with van der Waals surface area (Å²) in [6.07, 6.45) is 0.983. The van der Waals surface area contributed by atoms with Crippen molar-refractivity contribution < 1.29 is 14.3 Å². The predicted molar refractivity (Wildman–Crippen MR) is 67.1 cm³/mol. The summed E-state index contributed by atoms with van der Waals surface area (Å²) in [6.45, 7) is 0.203. The molecule has 0 radical (unpaired) electrons. The van der Waals surface area contributed by atoms with Gasteiger partial charge in [0.05, 0.1) is 0 Å². The van der Waals surface area contributed by atoms with Gasteiger partial charge in [-0.05, 0) is 12.1 Å². The van der Waals surface area contributed by atoms with E-state index in [4.69, 9.17) is 9.47 Å². The maximum atomic E-state index is 11.9. The van der Waals surface area contributed by atoms with Gasteiger partial charge in [0.15, 0.2) is 16.6 Å². The molecule has 0 aliphatic carbocycles. The quantitative estimate of drug-likeness (QED) is 0.898. The number of rotatable bonds is 2. The molecule has 1 amide bonds. The fourth-order valence-corrected chi connectivity index (χ4v) is 2.15.